The monoisotopic (exact) mass is 130 g/mol. The zero-order valence-corrected chi connectivity index (χ0v) is 6.03. The normalized spacial score (nSPS) is 8.67. The Morgan fingerprint density at radius 2 is 2.00 bits per heavy atom. The van der Waals surface area contributed by atoms with E-state index in [9.17, 15) is 4.79 Å². The summed E-state index contributed by atoms with van der Waals surface area (Å²) < 4.78 is 0. The van der Waals surface area contributed by atoms with Crippen molar-refractivity contribution < 1.29 is 4.79 Å². The summed E-state index contributed by atoms with van der Waals surface area (Å²) >= 11 is 0. The molecule has 0 fully saturated rings. The first-order valence-corrected chi connectivity index (χ1v) is 3.33. The lowest BCUT2D eigenvalue weighted by molar-refractivity contribution is 0.241. The molecule has 0 bridgehead atoms. The van der Waals surface area contributed by atoms with Gasteiger partial charge in [0.05, 0.1) is 0 Å². The van der Waals surface area contributed by atoms with Crippen molar-refractivity contribution >= 4 is 6.03 Å². The van der Waals surface area contributed by atoms with Crippen molar-refractivity contribution in [3.05, 3.63) is 0 Å². The molecule has 0 saturated carbocycles. The van der Waals surface area contributed by atoms with Crippen LogP contribution in [0.5, 0.6) is 0 Å². The van der Waals surface area contributed by atoms with Gasteiger partial charge in [0.25, 0.3) is 0 Å². The zero-order valence-electron chi connectivity index (χ0n) is 6.03. The molecule has 0 radical (unpaired) electrons. The summed E-state index contributed by atoms with van der Waals surface area (Å²) in [5.41, 5.74) is 0. The van der Waals surface area contributed by atoms with Crippen molar-refractivity contribution in [1.29, 1.82) is 0 Å². The average Bonchev–Trinajstić information content (AvgIpc) is 1.85. The molecule has 54 valence electrons. The van der Waals surface area contributed by atoms with Crippen LogP contribution in [0, 0.1) is 0 Å². The Morgan fingerprint density at radius 3 is 2.44 bits per heavy atom. The van der Waals surface area contributed by atoms with Crippen LogP contribution in [0.3, 0.4) is 0 Å². The fourth-order valence-corrected chi connectivity index (χ4v) is 0.462. The number of rotatable bonds is 3. The van der Waals surface area contributed by atoms with Crippen molar-refractivity contribution in [3.63, 3.8) is 0 Å². The molecule has 0 atom stereocenters. The second kappa shape index (κ2) is 5.41. The Kier molecular flexibility index (Phi) is 4.97. The Morgan fingerprint density at radius 1 is 1.33 bits per heavy atom. The molecule has 0 aliphatic heterocycles. The highest BCUT2D eigenvalue weighted by Crippen LogP contribution is 1.69. The maximum absolute atomic E-state index is 10.6. The third-order valence-electron chi connectivity index (χ3n) is 0.873. The molecule has 0 heterocycles. The van der Waals surface area contributed by atoms with Crippen molar-refractivity contribution in [3.8, 4) is 0 Å². The number of nitrogens with one attached hydrogen (secondary N) is 2. The van der Waals surface area contributed by atoms with Gasteiger partial charge in [0, 0.05) is 13.1 Å². The van der Waals surface area contributed by atoms with Crippen LogP contribution in [0.4, 0.5) is 4.79 Å². The second-order valence-corrected chi connectivity index (χ2v) is 1.79. The largest absolute Gasteiger partial charge is 0.338 e. The van der Waals surface area contributed by atoms with E-state index in [0.29, 0.717) is 6.54 Å². The summed E-state index contributed by atoms with van der Waals surface area (Å²) in [5.74, 6) is 0. The molecule has 0 unspecified atom stereocenters. The van der Waals surface area contributed by atoms with E-state index in [1.165, 1.54) is 0 Å². The van der Waals surface area contributed by atoms with Gasteiger partial charge in [-0.15, -0.1) is 0 Å². The van der Waals surface area contributed by atoms with Crippen LogP contribution in [0.1, 0.15) is 20.3 Å². The van der Waals surface area contributed by atoms with Crippen molar-refractivity contribution in [2.75, 3.05) is 13.1 Å². The minimum absolute atomic E-state index is 0.0700. The van der Waals surface area contributed by atoms with Crippen LogP contribution in [-0.4, -0.2) is 19.1 Å². The Labute approximate surface area is 55.8 Å². The molecule has 2 N–H and O–H groups in total. The summed E-state index contributed by atoms with van der Waals surface area (Å²) in [6.45, 7) is 5.36. The molecular weight excluding hydrogens is 116 g/mol. The molecule has 0 saturated heterocycles. The maximum Gasteiger partial charge on any atom is 0.314 e. The van der Waals surface area contributed by atoms with Gasteiger partial charge < -0.3 is 10.6 Å². The molecule has 0 spiro atoms. The average molecular weight is 130 g/mol. The van der Waals surface area contributed by atoms with Crippen LogP contribution in [0.25, 0.3) is 0 Å². The summed E-state index contributed by atoms with van der Waals surface area (Å²) in [6, 6.07) is -0.0700. The standard InChI is InChI=1S/C6H14N2O/c1-3-5-8-6(9)7-4-2/h3-5H2,1-2H3,(H2,7,8,9). The Bertz CT molecular complexity index is 83.1. The van der Waals surface area contributed by atoms with Crippen LogP contribution in [-0.2, 0) is 0 Å². The highest BCUT2D eigenvalue weighted by molar-refractivity contribution is 5.73. The van der Waals surface area contributed by atoms with Gasteiger partial charge in [-0.25, -0.2) is 4.79 Å². The van der Waals surface area contributed by atoms with Gasteiger partial charge >= 0.3 is 6.03 Å². The van der Waals surface area contributed by atoms with Crippen LogP contribution in [0.2, 0.25) is 0 Å². The molecular formula is C6H14N2O. The van der Waals surface area contributed by atoms with E-state index in [2.05, 4.69) is 10.6 Å². The third kappa shape index (κ3) is 5.14. The highest BCUT2D eigenvalue weighted by Gasteiger charge is 1.91. The topological polar surface area (TPSA) is 41.1 Å². The first-order chi connectivity index (χ1) is 4.31. The number of carbonyl (C=O) groups is 1. The number of hydrogen-bond acceptors (Lipinski definition) is 1. The molecule has 0 aromatic rings. The third-order valence-corrected chi connectivity index (χ3v) is 0.873. The second-order valence-electron chi connectivity index (χ2n) is 1.79. The van der Waals surface area contributed by atoms with Crippen LogP contribution in [0.15, 0.2) is 0 Å². The molecule has 0 aromatic heterocycles. The quantitative estimate of drug-likeness (QED) is 0.580. The van der Waals surface area contributed by atoms with Gasteiger partial charge in [-0.2, -0.15) is 0 Å². The number of hydrogen-bond donors (Lipinski definition) is 2. The Hall–Kier alpha value is -0.730. The fraction of sp³-hybridized carbons (Fsp3) is 0.833. The molecule has 3 heteroatoms. The number of amides is 2. The SMILES string of the molecule is CCCNC(=O)NCC. The van der Waals surface area contributed by atoms with Gasteiger partial charge in [-0.05, 0) is 13.3 Å². The number of urea groups is 1. The molecule has 0 aliphatic rings. The van der Waals surface area contributed by atoms with Crippen LogP contribution < -0.4 is 10.6 Å². The van der Waals surface area contributed by atoms with E-state index >= 15 is 0 Å². The number of carbonyl (C=O) groups excluding carboxylic acids is 1. The molecule has 2 amide bonds. The van der Waals surface area contributed by atoms with Crippen molar-refractivity contribution in [2.45, 2.75) is 20.3 Å². The van der Waals surface area contributed by atoms with Gasteiger partial charge in [-0.3, -0.25) is 0 Å². The van der Waals surface area contributed by atoms with E-state index in [1.54, 1.807) is 0 Å². The van der Waals surface area contributed by atoms with E-state index in [-0.39, 0.29) is 6.03 Å². The smallest absolute Gasteiger partial charge is 0.314 e. The van der Waals surface area contributed by atoms with E-state index in [1.807, 2.05) is 13.8 Å². The first kappa shape index (κ1) is 8.27. The van der Waals surface area contributed by atoms with Gasteiger partial charge in [0.15, 0.2) is 0 Å². The lowest BCUT2D eigenvalue weighted by Crippen LogP contribution is -2.35. The Balaban J connectivity index is 3.06. The minimum atomic E-state index is -0.0700. The predicted octanol–water partition coefficient (Wildman–Crippen LogP) is 0.716. The lowest BCUT2D eigenvalue weighted by Gasteiger charge is -2.01. The fourth-order valence-electron chi connectivity index (χ4n) is 0.462. The van der Waals surface area contributed by atoms with Gasteiger partial charge in [-0.1, -0.05) is 6.92 Å². The van der Waals surface area contributed by atoms with E-state index in [4.69, 9.17) is 0 Å². The molecule has 0 rings (SSSR count). The van der Waals surface area contributed by atoms with Crippen molar-refractivity contribution in [1.82, 2.24) is 10.6 Å². The highest BCUT2D eigenvalue weighted by atomic mass is 16.2. The van der Waals surface area contributed by atoms with E-state index < -0.39 is 0 Å². The van der Waals surface area contributed by atoms with Gasteiger partial charge in [0.1, 0.15) is 0 Å². The predicted molar refractivity (Wildman–Crippen MR) is 37.4 cm³/mol. The summed E-state index contributed by atoms with van der Waals surface area (Å²) in [7, 11) is 0. The maximum atomic E-state index is 10.6. The minimum Gasteiger partial charge on any atom is -0.338 e. The summed E-state index contributed by atoms with van der Waals surface area (Å²) in [4.78, 5) is 10.6. The summed E-state index contributed by atoms with van der Waals surface area (Å²) in [5, 5.41) is 5.31. The summed E-state index contributed by atoms with van der Waals surface area (Å²) in [6.07, 6.45) is 0.983. The first-order valence-electron chi connectivity index (χ1n) is 3.33. The van der Waals surface area contributed by atoms with E-state index in [0.717, 1.165) is 13.0 Å². The van der Waals surface area contributed by atoms with Crippen molar-refractivity contribution in [2.24, 2.45) is 0 Å². The molecule has 0 aliphatic carbocycles. The molecule has 3 nitrogen and oxygen atoms in total. The molecule has 0 aromatic carbocycles. The van der Waals surface area contributed by atoms with Crippen LogP contribution >= 0.6 is 0 Å². The van der Waals surface area contributed by atoms with Gasteiger partial charge in [0.2, 0.25) is 0 Å². The zero-order chi connectivity index (χ0) is 7.11. The lowest BCUT2D eigenvalue weighted by atomic mass is 10.5. The molecule has 9 heavy (non-hydrogen) atoms.